The summed E-state index contributed by atoms with van der Waals surface area (Å²) in [6.45, 7) is 0.158. The largest absolute Gasteiger partial charge is 0.467 e. The lowest BCUT2D eigenvalue weighted by Gasteiger charge is -2.20. The van der Waals surface area contributed by atoms with Crippen LogP contribution in [0.4, 0.5) is 0 Å². The Bertz CT molecular complexity index is 1330. The van der Waals surface area contributed by atoms with E-state index in [2.05, 4.69) is 21.5 Å². The number of para-hydroxylation sites is 1. The van der Waals surface area contributed by atoms with E-state index in [0.29, 0.717) is 37.3 Å². The van der Waals surface area contributed by atoms with E-state index in [9.17, 15) is 19.2 Å². The van der Waals surface area contributed by atoms with E-state index in [1.807, 2.05) is 60.7 Å². The van der Waals surface area contributed by atoms with Gasteiger partial charge in [0.15, 0.2) is 0 Å². The molecule has 0 aliphatic heterocycles. The lowest BCUT2D eigenvalue weighted by atomic mass is 10.1. The van der Waals surface area contributed by atoms with Gasteiger partial charge in [-0.3, -0.25) is 19.8 Å². The van der Waals surface area contributed by atoms with Crippen LogP contribution in [0.5, 0.6) is 11.5 Å². The molecule has 236 valence electrons. The van der Waals surface area contributed by atoms with Crippen LogP contribution in [0.2, 0.25) is 0 Å². The smallest absolute Gasteiger partial charge is 0.328 e. The van der Waals surface area contributed by atoms with Gasteiger partial charge >= 0.3 is 5.97 Å². The van der Waals surface area contributed by atoms with Crippen LogP contribution in [0.15, 0.2) is 84.9 Å². The van der Waals surface area contributed by atoms with Crippen LogP contribution in [-0.2, 0) is 36.8 Å². The van der Waals surface area contributed by atoms with Gasteiger partial charge in [0.05, 0.1) is 20.1 Å². The Morgan fingerprint density at radius 2 is 1.41 bits per heavy atom. The Hall–Kier alpha value is -4.45. The van der Waals surface area contributed by atoms with Crippen molar-refractivity contribution in [2.24, 2.45) is 5.73 Å². The highest BCUT2D eigenvalue weighted by Crippen LogP contribution is 2.22. The molecule has 0 saturated carbocycles. The fraction of sp³-hybridized carbons (Fsp3) is 0.312. The average Bonchev–Trinajstić information content (AvgIpc) is 3.01. The van der Waals surface area contributed by atoms with Gasteiger partial charge in [0.25, 0.3) is 5.91 Å². The minimum atomic E-state index is -0.891. The summed E-state index contributed by atoms with van der Waals surface area (Å²) < 4.78 is 10.7. The molecule has 0 fully saturated rings. The molecule has 0 bridgehead atoms. The minimum Gasteiger partial charge on any atom is -0.467 e. The molecule has 3 rings (SSSR count). The molecule has 0 aromatic heterocycles. The first kappa shape index (κ1) is 35.7. The van der Waals surface area contributed by atoms with Gasteiger partial charge in [-0.1, -0.05) is 60.7 Å². The molecule has 3 aromatic rings. The number of nitrogens with one attached hydrogen (secondary N) is 4. The van der Waals surface area contributed by atoms with Crippen molar-refractivity contribution in [3.05, 3.63) is 96.1 Å². The number of carbonyl (C=O) groups excluding carboxylic acids is 4. The molecule has 0 aliphatic carbocycles. The Balaban J connectivity index is 0.00000675. The molecule has 6 N–H and O–H groups in total. The first-order valence-corrected chi connectivity index (χ1v) is 14.1. The number of hydrogen-bond acceptors (Lipinski definition) is 8. The van der Waals surface area contributed by atoms with Crippen LogP contribution in [0.3, 0.4) is 0 Å². The number of esters is 1. The van der Waals surface area contributed by atoms with Crippen molar-refractivity contribution < 1.29 is 28.7 Å². The predicted octanol–water partition coefficient (Wildman–Crippen LogP) is 2.58. The second-order valence-electron chi connectivity index (χ2n) is 9.82. The van der Waals surface area contributed by atoms with Crippen molar-refractivity contribution in [1.29, 1.82) is 0 Å². The Labute approximate surface area is 263 Å². The topological polar surface area (TPSA) is 161 Å². The van der Waals surface area contributed by atoms with Gasteiger partial charge in [0, 0.05) is 6.42 Å². The van der Waals surface area contributed by atoms with Crippen molar-refractivity contribution in [3.8, 4) is 11.5 Å². The molecule has 0 spiro atoms. The maximum atomic E-state index is 12.9. The highest BCUT2D eigenvalue weighted by atomic mass is 35.5. The molecule has 0 heterocycles. The number of ether oxygens (including phenoxy) is 2. The summed E-state index contributed by atoms with van der Waals surface area (Å²) in [6, 6.07) is 24.0. The summed E-state index contributed by atoms with van der Waals surface area (Å²) in [5.41, 5.74) is 12.2. The van der Waals surface area contributed by atoms with E-state index in [1.165, 1.54) is 7.11 Å². The molecule has 11 nitrogen and oxygen atoms in total. The Morgan fingerprint density at radius 1 is 0.773 bits per heavy atom. The zero-order chi connectivity index (χ0) is 30.9. The molecular weight excluding hydrogens is 586 g/mol. The number of halogens is 1. The highest BCUT2D eigenvalue weighted by Gasteiger charge is 2.23. The SMILES string of the molecule is COC(=O)[C@H](Cc1ccccc1)NC(=O)CNNC(=O)C(CCCCN)NC(=O)Cc1cccc(Oc2ccccc2)c1.Cl. The summed E-state index contributed by atoms with van der Waals surface area (Å²) >= 11 is 0. The summed E-state index contributed by atoms with van der Waals surface area (Å²) in [5, 5.41) is 5.40. The fourth-order valence-electron chi connectivity index (χ4n) is 4.27. The first-order valence-electron chi connectivity index (χ1n) is 14.1. The van der Waals surface area contributed by atoms with Crippen LogP contribution in [0.25, 0.3) is 0 Å². The molecule has 2 atom stereocenters. The second-order valence-corrected chi connectivity index (χ2v) is 9.82. The van der Waals surface area contributed by atoms with Gasteiger partial charge in [-0.15, -0.1) is 12.4 Å². The standard InChI is InChI=1S/C32H39N5O6.ClH/c1-42-32(41)28(20-23-11-4-2-5-12-23)36-30(39)22-34-37-31(40)27(17-8-9-18-33)35-29(38)21-24-13-10-16-26(19-24)43-25-14-6-3-7-15-25;/h2-7,10-16,19,27-28,34H,8-9,17-18,20-22,33H2,1H3,(H,35,38)(H,36,39)(H,37,40);1H/t27?,28-;/m0./s1. The number of amides is 3. The Morgan fingerprint density at radius 3 is 2.09 bits per heavy atom. The van der Waals surface area contributed by atoms with Crippen molar-refractivity contribution in [2.75, 3.05) is 20.2 Å². The minimum absolute atomic E-state index is 0. The molecule has 12 heteroatoms. The normalized spacial score (nSPS) is 11.7. The number of methoxy groups -OCH3 is 1. The van der Waals surface area contributed by atoms with Crippen LogP contribution in [0.1, 0.15) is 30.4 Å². The van der Waals surface area contributed by atoms with Gasteiger partial charge in [0.2, 0.25) is 11.8 Å². The first-order chi connectivity index (χ1) is 20.9. The Kier molecular flexibility index (Phi) is 16.0. The maximum absolute atomic E-state index is 12.9. The second kappa shape index (κ2) is 19.7. The molecule has 1 unspecified atom stereocenters. The van der Waals surface area contributed by atoms with E-state index < -0.39 is 29.9 Å². The van der Waals surface area contributed by atoms with Crippen molar-refractivity contribution in [3.63, 3.8) is 0 Å². The quantitative estimate of drug-likeness (QED) is 0.0869. The number of carbonyl (C=O) groups is 4. The lowest BCUT2D eigenvalue weighted by Crippen LogP contribution is -2.54. The third-order valence-electron chi connectivity index (χ3n) is 6.40. The van der Waals surface area contributed by atoms with Crippen molar-refractivity contribution in [1.82, 2.24) is 21.5 Å². The molecule has 44 heavy (non-hydrogen) atoms. The van der Waals surface area contributed by atoms with Crippen LogP contribution in [0, 0.1) is 0 Å². The summed E-state index contributed by atoms with van der Waals surface area (Å²) in [5.74, 6) is -0.681. The van der Waals surface area contributed by atoms with E-state index in [-0.39, 0.29) is 37.7 Å². The average molecular weight is 626 g/mol. The summed E-state index contributed by atoms with van der Waals surface area (Å²) in [7, 11) is 1.25. The van der Waals surface area contributed by atoms with Crippen LogP contribution < -0.4 is 32.0 Å². The zero-order valence-electron chi connectivity index (χ0n) is 24.6. The lowest BCUT2D eigenvalue weighted by molar-refractivity contribution is -0.145. The van der Waals surface area contributed by atoms with Gasteiger partial charge in [-0.25, -0.2) is 10.2 Å². The fourth-order valence-corrected chi connectivity index (χ4v) is 4.27. The highest BCUT2D eigenvalue weighted by molar-refractivity contribution is 5.89. The van der Waals surface area contributed by atoms with E-state index in [1.54, 1.807) is 24.3 Å². The number of rotatable bonds is 17. The van der Waals surface area contributed by atoms with Crippen molar-refractivity contribution in [2.45, 2.75) is 44.2 Å². The predicted molar refractivity (Wildman–Crippen MR) is 169 cm³/mol. The third kappa shape index (κ3) is 12.8. The number of unbranched alkanes of at least 4 members (excludes halogenated alkanes) is 1. The van der Waals surface area contributed by atoms with Gasteiger partial charge in [-0.05, 0) is 61.2 Å². The van der Waals surface area contributed by atoms with Crippen LogP contribution >= 0.6 is 12.4 Å². The molecular formula is C32H40ClN5O6. The number of hydrogen-bond donors (Lipinski definition) is 5. The van der Waals surface area contributed by atoms with Gasteiger partial charge < -0.3 is 25.8 Å². The molecule has 0 radical (unpaired) electrons. The summed E-state index contributed by atoms with van der Waals surface area (Å²) in [6.07, 6.45) is 1.96. The van der Waals surface area contributed by atoms with Crippen LogP contribution in [-0.4, -0.2) is 56.0 Å². The molecule has 0 aliphatic rings. The van der Waals surface area contributed by atoms with Gasteiger partial charge in [-0.2, -0.15) is 0 Å². The molecule has 3 amide bonds. The third-order valence-corrected chi connectivity index (χ3v) is 6.40. The monoisotopic (exact) mass is 625 g/mol. The number of benzene rings is 3. The van der Waals surface area contributed by atoms with E-state index >= 15 is 0 Å². The van der Waals surface area contributed by atoms with E-state index in [0.717, 1.165) is 11.1 Å². The van der Waals surface area contributed by atoms with Crippen molar-refractivity contribution >= 4 is 36.1 Å². The zero-order valence-corrected chi connectivity index (χ0v) is 25.4. The number of hydrazine groups is 1. The van der Waals surface area contributed by atoms with Gasteiger partial charge in [0.1, 0.15) is 23.6 Å². The maximum Gasteiger partial charge on any atom is 0.328 e. The number of nitrogens with two attached hydrogens (primary N) is 1. The molecule has 0 saturated heterocycles. The molecule has 3 aromatic carbocycles. The summed E-state index contributed by atoms with van der Waals surface area (Å²) in [4.78, 5) is 50.6. The van der Waals surface area contributed by atoms with E-state index in [4.69, 9.17) is 15.2 Å².